The number of anilines is 1. The van der Waals surface area contributed by atoms with Gasteiger partial charge in [0.2, 0.25) is 0 Å². The molecule has 0 amide bonds. The fraction of sp³-hybridized carbons (Fsp3) is 0.0909. The van der Waals surface area contributed by atoms with Crippen LogP contribution in [-0.2, 0) is 0 Å². The zero-order valence-electron chi connectivity index (χ0n) is 8.19. The van der Waals surface area contributed by atoms with E-state index in [1.54, 1.807) is 19.1 Å². The fourth-order valence-corrected chi connectivity index (χ4v) is 1.63. The van der Waals surface area contributed by atoms with Crippen LogP contribution in [0.4, 0.5) is 5.69 Å². The average Bonchev–Trinajstić information content (AvgIpc) is 2.17. The van der Waals surface area contributed by atoms with E-state index in [0.717, 1.165) is 5.52 Å². The van der Waals surface area contributed by atoms with Gasteiger partial charge in [0, 0.05) is 5.39 Å². The Balaban J connectivity index is 2.90. The van der Waals surface area contributed by atoms with Crippen LogP contribution in [0.5, 0.6) is 0 Å². The van der Waals surface area contributed by atoms with Gasteiger partial charge >= 0.3 is 5.97 Å². The van der Waals surface area contributed by atoms with E-state index >= 15 is 0 Å². The van der Waals surface area contributed by atoms with Crippen LogP contribution in [-0.4, -0.2) is 16.1 Å². The second-order valence-corrected chi connectivity index (χ2v) is 3.31. The zero-order valence-corrected chi connectivity index (χ0v) is 8.19. The molecule has 4 heteroatoms. The molecule has 1 aromatic carbocycles. The van der Waals surface area contributed by atoms with E-state index in [-0.39, 0.29) is 11.3 Å². The number of hydrogen-bond acceptors (Lipinski definition) is 3. The predicted molar refractivity (Wildman–Crippen MR) is 57.9 cm³/mol. The first-order valence-corrected chi connectivity index (χ1v) is 4.49. The molecule has 15 heavy (non-hydrogen) atoms. The summed E-state index contributed by atoms with van der Waals surface area (Å²) in [5.41, 5.74) is 7.34. The Morgan fingerprint density at radius 1 is 1.40 bits per heavy atom. The van der Waals surface area contributed by atoms with Crippen molar-refractivity contribution in [3.8, 4) is 0 Å². The molecule has 76 valence electrons. The third-order valence-corrected chi connectivity index (χ3v) is 2.33. The molecule has 0 bridgehead atoms. The third-order valence-electron chi connectivity index (χ3n) is 2.33. The Bertz CT molecular complexity index is 550. The highest BCUT2D eigenvalue weighted by Crippen LogP contribution is 2.25. The molecular weight excluding hydrogens is 192 g/mol. The second-order valence-electron chi connectivity index (χ2n) is 3.31. The van der Waals surface area contributed by atoms with Gasteiger partial charge in [-0.1, -0.05) is 18.2 Å². The van der Waals surface area contributed by atoms with Crippen LogP contribution in [0.25, 0.3) is 10.9 Å². The molecule has 0 radical (unpaired) electrons. The van der Waals surface area contributed by atoms with Crippen molar-refractivity contribution < 1.29 is 9.90 Å². The number of fused-ring (bicyclic) bond motifs is 1. The van der Waals surface area contributed by atoms with Crippen molar-refractivity contribution >= 4 is 22.6 Å². The largest absolute Gasteiger partial charge is 0.478 e. The highest BCUT2D eigenvalue weighted by Gasteiger charge is 2.15. The number of carboxylic acid groups (broad SMARTS) is 1. The lowest BCUT2D eigenvalue weighted by Crippen LogP contribution is -2.07. The molecular formula is C11H10N2O2. The number of hydrogen-bond donors (Lipinski definition) is 2. The summed E-state index contributed by atoms with van der Waals surface area (Å²) in [4.78, 5) is 15.2. The van der Waals surface area contributed by atoms with E-state index < -0.39 is 5.97 Å². The van der Waals surface area contributed by atoms with E-state index in [1.165, 1.54) is 0 Å². The number of nitrogen functional groups attached to an aromatic ring is 1. The molecule has 0 fully saturated rings. The van der Waals surface area contributed by atoms with E-state index in [2.05, 4.69) is 4.98 Å². The number of aryl methyl sites for hydroxylation is 1. The summed E-state index contributed by atoms with van der Waals surface area (Å²) in [7, 11) is 0. The van der Waals surface area contributed by atoms with Crippen molar-refractivity contribution in [1.82, 2.24) is 4.98 Å². The molecule has 0 spiro atoms. The van der Waals surface area contributed by atoms with Gasteiger partial charge in [0.05, 0.1) is 16.9 Å². The first kappa shape index (κ1) is 9.45. The van der Waals surface area contributed by atoms with Crippen molar-refractivity contribution in [3.05, 3.63) is 35.5 Å². The van der Waals surface area contributed by atoms with Crippen LogP contribution < -0.4 is 5.73 Å². The molecule has 0 saturated heterocycles. The minimum absolute atomic E-state index is 0.0914. The molecule has 0 atom stereocenters. The van der Waals surface area contributed by atoms with Gasteiger partial charge in [-0.05, 0) is 13.0 Å². The number of rotatable bonds is 1. The van der Waals surface area contributed by atoms with Crippen LogP contribution >= 0.6 is 0 Å². The Hall–Kier alpha value is -2.10. The molecule has 4 nitrogen and oxygen atoms in total. The summed E-state index contributed by atoms with van der Waals surface area (Å²) < 4.78 is 0. The van der Waals surface area contributed by atoms with Crippen LogP contribution in [0.1, 0.15) is 16.1 Å². The van der Waals surface area contributed by atoms with Gasteiger partial charge in [0.15, 0.2) is 0 Å². The van der Waals surface area contributed by atoms with Gasteiger partial charge in [0.1, 0.15) is 5.56 Å². The molecule has 0 aliphatic rings. The van der Waals surface area contributed by atoms with Gasteiger partial charge < -0.3 is 10.8 Å². The number of carbonyl (C=O) groups is 1. The molecule has 0 saturated carbocycles. The topological polar surface area (TPSA) is 76.2 Å². The number of pyridine rings is 1. The molecule has 0 aliphatic carbocycles. The highest BCUT2D eigenvalue weighted by atomic mass is 16.4. The van der Waals surface area contributed by atoms with E-state index in [4.69, 9.17) is 10.8 Å². The molecule has 0 aliphatic heterocycles. The van der Waals surface area contributed by atoms with Crippen molar-refractivity contribution in [2.24, 2.45) is 0 Å². The Morgan fingerprint density at radius 2 is 2.07 bits per heavy atom. The molecule has 1 aromatic heterocycles. The van der Waals surface area contributed by atoms with Crippen LogP contribution in [0, 0.1) is 6.92 Å². The van der Waals surface area contributed by atoms with Crippen molar-refractivity contribution in [2.75, 3.05) is 5.73 Å². The maximum atomic E-state index is 11.0. The van der Waals surface area contributed by atoms with Crippen LogP contribution in [0.15, 0.2) is 24.3 Å². The van der Waals surface area contributed by atoms with Crippen LogP contribution in [0.3, 0.4) is 0 Å². The maximum Gasteiger partial charge on any atom is 0.339 e. The first-order valence-electron chi connectivity index (χ1n) is 4.49. The lowest BCUT2D eigenvalue weighted by Gasteiger charge is -2.07. The average molecular weight is 202 g/mol. The monoisotopic (exact) mass is 202 g/mol. The summed E-state index contributed by atoms with van der Waals surface area (Å²) in [6.07, 6.45) is 0. The fourth-order valence-electron chi connectivity index (χ4n) is 1.63. The van der Waals surface area contributed by atoms with Crippen LogP contribution in [0.2, 0.25) is 0 Å². The smallest absolute Gasteiger partial charge is 0.339 e. The summed E-state index contributed by atoms with van der Waals surface area (Å²) in [6, 6.07) is 7.23. The summed E-state index contributed by atoms with van der Waals surface area (Å²) in [5.74, 6) is -1.04. The number of carboxylic acids is 1. The Morgan fingerprint density at radius 3 is 2.73 bits per heavy atom. The Labute approximate surface area is 86.4 Å². The van der Waals surface area contributed by atoms with Gasteiger partial charge in [-0.25, -0.2) is 4.79 Å². The van der Waals surface area contributed by atoms with Gasteiger partial charge in [-0.2, -0.15) is 0 Å². The molecule has 2 aromatic rings. The Kier molecular flexibility index (Phi) is 2.04. The number of nitrogens with two attached hydrogens (primary N) is 1. The van der Waals surface area contributed by atoms with Gasteiger partial charge in [-0.3, -0.25) is 4.98 Å². The number of nitrogens with zero attached hydrogens (tertiary/aromatic N) is 1. The lowest BCUT2D eigenvalue weighted by atomic mass is 10.1. The molecule has 0 unspecified atom stereocenters. The lowest BCUT2D eigenvalue weighted by molar-refractivity contribution is 0.0697. The van der Waals surface area contributed by atoms with Gasteiger partial charge in [0.25, 0.3) is 0 Å². The molecule has 2 rings (SSSR count). The minimum atomic E-state index is -1.04. The number of para-hydroxylation sites is 1. The van der Waals surface area contributed by atoms with Crippen molar-refractivity contribution in [3.63, 3.8) is 0 Å². The van der Waals surface area contributed by atoms with Crippen molar-refractivity contribution in [2.45, 2.75) is 6.92 Å². The first-order chi connectivity index (χ1) is 7.11. The van der Waals surface area contributed by atoms with E-state index in [9.17, 15) is 4.79 Å². The predicted octanol–water partition coefficient (Wildman–Crippen LogP) is 1.82. The normalized spacial score (nSPS) is 10.5. The van der Waals surface area contributed by atoms with Crippen molar-refractivity contribution in [1.29, 1.82) is 0 Å². The van der Waals surface area contributed by atoms with Gasteiger partial charge in [-0.15, -0.1) is 0 Å². The third kappa shape index (κ3) is 1.40. The second kappa shape index (κ2) is 3.24. The number of aromatic nitrogens is 1. The maximum absolute atomic E-state index is 11.0. The SMILES string of the molecule is Cc1nc2ccccc2c(N)c1C(=O)O. The summed E-state index contributed by atoms with van der Waals surface area (Å²) >= 11 is 0. The highest BCUT2D eigenvalue weighted by molar-refractivity contribution is 6.04. The molecule has 3 N–H and O–H groups in total. The molecule has 1 heterocycles. The van der Waals surface area contributed by atoms with E-state index in [1.807, 2.05) is 12.1 Å². The standard InChI is InChI=1S/C11H10N2O2/c1-6-9(11(14)15)10(12)7-4-2-3-5-8(7)13-6/h2-5H,1H3,(H2,12,13)(H,14,15). The quantitative estimate of drug-likeness (QED) is 0.739. The summed E-state index contributed by atoms with van der Waals surface area (Å²) in [6.45, 7) is 1.65. The zero-order chi connectivity index (χ0) is 11.0. The van der Waals surface area contributed by atoms with E-state index in [0.29, 0.717) is 11.1 Å². The number of benzene rings is 1. The minimum Gasteiger partial charge on any atom is -0.478 e. The number of aromatic carboxylic acids is 1. The summed E-state index contributed by atoms with van der Waals surface area (Å²) in [5, 5.41) is 9.67.